The van der Waals surface area contributed by atoms with Crippen LogP contribution >= 0.6 is 11.6 Å². The van der Waals surface area contributed by atoms with Gasteiger partial charge in [0.15, 0.2) is 0 Å². The molecule has 1 N–H and O–H groups in total. The zero-order valence-electron chi connectivity index (χ0n) is 13.3. The van der Waals surface area contributed by atoms with E-state index in [1.54, 1.807) is 17.3 Å². The van der Waals surface area contributed by atoms with Crippen molar-refractivity contribution >= 4 is 29.2 Å². The maximum Gasteiger partial charge on any atom is 0.323 e. The van der Waals surface area contributed by atoms with E-state index in [1.807, 2.05) is 12.1 Å². The fourth-order valence-corrected chi connectivity index (χ4v) is 2.71. The van der Waals surface area contributed by atoms with Crippen molar-refractivity contribution in [1.29, 1.82) is 0 Å². The lowest BCUT2D eigenvalue weighted by atomic mass is 10.2. The molecule has 25 heavy (non-hydrogen) atoms. The summed E-state index contributed by atoms with van der Waals surface area (Å²) in [6, 6.07) is 7.25. The van der Waals surface area contributed by atoms with E-state index in [0.29, 0.717) is 18.8 Å². The number of urea groups is 1. The Kier molecular flexibility index (Phi) is 5.14. The van der Waals surface area contributed by atoms with Crippen LogP contribution in [0.1, 0.15) is 12.0 Å². The quantitative estimate of drug-likeness (QED) is 0.912. The van der Waals surface area contributed by atoms with Gasteiger partial charge in [-0.2, -0.15) is 0 Å². The number of rotatable bonds is 3. The van der Waals surface area contributed by atoms with Crippen molar-refractivity contribution in [2.45, 2.75) is 13.0 Å². The van der Waals surface area contributed by atoms with E-state index in [2.05, 4.69) is 10.3 Å². The third-order valence-electron chi connectivity index (χ3n) is 3.87. The highest BCUT2D eigenvalue weighted by molar-refractivity contribution is 6.31. The summed E-state index contributed by atoms with van der Waals surface area (Å²) in [5.41, 5.74) is 1.34. The number of hydrogen-bond acceptors (Lipinski definition) is 3. The largest absolute Gasteiger partial charge is 0.323 e. The molecule has 8 heteroatoms. The van der Waals surface area contributed by atoms with Crippen LogP contribution in [0.3, 0.4) is 0 Å². The van der Waals surface area contributed by atoms with E-state index in [1.165, 1.54) is 23.1 Å². The molecule has 0 aliphatic carbocycles. The van der Waals surface area contributed by atoms with Gasteiger partial charge in [-0.15, -0.1) is 0 Å². The van der Waals surface area contributed by atoms with E-state index in [0.717, 1.165) is 5.56 Å². The first-order chi connectivity index (χ1) is 12.0. The van der Waals surface area contributed by atoms with Crippen molar-refractivity contribution in [3.8, 4) is 0 Å². The summed E-state index contributed by atoms with van der Waals surface area (Å²) in [4.78, 5) is 31.6. The van der Waals surface area contributed by atoms with Crippen LogP contribution < -0.4 is 5.32 Å². The standard InChI is InChI=1S/C17H16ClFN4O2/c18-14-9-13(1-2-15(14)19)21-17(25)22-8-5-16(24)23(11-22)10-12-3-6-20-7-4-12/h1-4,6-7,9H,5,8,10-11H2,(H,21,25). The van der Waals surface area contributed by atoms with Crippen LogP contribution in [0.2, 0.25) is 5.02 Å². The highest BCUT2D eigenvalue weighted by Gasteiger charge is 2.27. The lowest BCUT2D eigenvalue weighted by Gasteiger charge is -2.35. The number of pyridine rings is 1. The summed E-state index contributed by atoms with van der Waals surface area (Å²) in [6.07, 6.45) is 3.57. The number of carbonyl (C=O) groups excluding carboxylic acids is 2. The highest BCUT2D eigenvalue weighted by atomic mass is 35.5. The van der Waals surface area contributed by atoms with Gasteiger partial charge >= 0.3 is 6.03 Å². The number of nitrogens with zero attached hydrogens (tertiary/aromatic N) is 3. The summed E-state index contributed by atoms with van der Waals surface area (Å²) >= 11 is 5.72. The summed E-state index contributed by atoms with van der Waals surface area (Å²) in [5.74, 6) is -0.558. The zero-order chi connectivity index (χ0) is 17.8. The fraction of sp³-hybridized carbons (Fsp3) is 0.235. The van der Waals surface area contributed by atoms with E-state index < -0.39 is 5.82 Å². The Balaban J connectivity index is 1.64. The molecule has 6 nitrogen and oxygen atoms in total. The molecule has 1 aliphatic rings. The Labute approximate surface area is 149 Å². The molecule has 3 amide bonds. The Morgan fingerprint density at radius 3 is 2.76 bits per heavy atom. The molecule has 0 unspecified atom stereocenters. The Morgan fingerprint density at radius 1 is 1.28 bits per heavy atom. The molecular formula is C17H16ClFN4O2. The predicted molar refractivity (Wildman–Crippen MR) is 91.4 cm³/mol. The molecule has 0 bridgehead atoms. The molecule has 0 atom stereocenters. The van der Waals surface area contributed by atoms with E-state index in [-0.39, 0.29) is 30.1 Å². The van der Waals surface area contributed by atoms with Gasteiger partial charge in [0.2, 0.25) is 5.91 Å². The summed E-state index contributed by atoms with van der Waals surface area (Å²) in [5, 5.41) is 2.60. The molecule has 0 saturated carbocycles. The van der Waals surface area contributed by atoms with Crippen LogP contribution in [0, 0.1) is 5.82 Å². The summed E-state index contributed by atoms with van der Waals surface area (Å²) in [7, 11) is 0. The highest BCUT2D eigenvalue weighted by Crippen LogP contribution is 2.20. The zero-order valence-corrected chi connectivity index (χ0v) is 14.0. The lowest BCUT2D eigenvalue weighted by molar-refractivity contribution is -0.137. The number of anilines is 1. The maximum absolute atomic E-state index is 13.2. The first-order valence-electron chi connectivity index (χ1n) is 7.70. The Hall–Kier alpha value is -2.67. The van der Waals surface area contributed by atoms with E-state index >= 15 is 0 Å². The second-order valence-electron chi connectivity index (χ2n) is 5.66. The second-order valence-corrected chi connectivity index (χ2v) is 6.07. The molecule has 2 heterocycles. The van der Waals surface area contributed by atoms with E-state index in [9.17, 15) is 14.0 Å². The number of hydrogen-bond donors (Lipinski definition) is 1. The molecule has 1 aliphatic heterocycles. The topological polar surface area (TPSA) is 65.5 Å². The van der Waals surface area contributed by atoms with E-state index in [4.69, 9.17) is 11.6 Å². The third kappa shape index (κ3) is 4.24. The number of benzene rings is 1. The second kappa shape index (κ2) is 7.48. The summed E-state index contributed by atoms with van der Waals surface area (Å²) < 4.78 is 13.2. The number of halogens is 2. The molecule has 1 aromatic heterocycles. The van der Waals surface area contributed by atoms with Gasteiger partial charge < -0.3 is 15.1 Å². The van der Waals surface area contributed by atoms with Crippen molar-refractivity contribution < 1.29 is 14.0 Å². The third-order valence-corrected chi connectivity index (χ3v) is 4.16. The minimum absolute atomic E-state index is 0.00862. The molecule has 1 saturated heterocycles. The lowest BCUT2D eigenvalue weighted by Crippen LogP contribution is -2.51. The van der Waals surface area contributed by atoms with Crippen molar-refractivity contribution in [2.75, 3.05) is 18.5 Å². The van der Waals surface area contributed by atoms with Gasteiger partial charge in [-0.25, -0.2) is 9.18 Å². The van der Waals surface area contributed by atoms with Gasteiger partial charge in [0.05, 0.1) is 11.7 Å². The monoisotopic (exact) mass is 362 g/mol. The van der Waals surface area contributed by atoms with Crippen molar-refractivity contribution in [2.24, 2.45) is 0 Å². The van der Waals surface area contributed by atoms with Crippen LogP contribution in [-0.4, -0.2) is 39.9 Å². The van der Waals surface area contributed by atoms with Crippen LogP contribution in [0.4, 0.5) is 14.9 Å². The molecular weight excluding hydrogens is 347 g/mol. The average molecular weight is 363 g/mol. The normalized spacial score (nSPS) is 14.6. The Morgan fingerprint density at radius 2 is 2.04 bits per heavy atom. The molecule has 1 fully saturated rings. The molecule has 0 spiro atoms. The molecule has 1 aromatic carbocycles. The molecule has 130 valence electrons. The maximum atomic E-state index is 13.2. The van der Waals surface area contributed by atoms with Gasteiger partial charge in [0.1, 0.15) is 5.82 Å². The number of carbonyl (C=O) groups is 2. The van der Waals surface area contributed by atoms with Gasteiger partial charge in [-0.1, -0.05) is 11.6 Å². The van der Waals surface area contributed by atoms with Crippen LogP contribution in [-0.2, 0) is 11.3 Å². The SMILES string of the molecule is O=C1CCN(C(=O)Nc2ccc(F)c(Cl)c2)CN1Cc1ccncc1. The first-order valence-corrected chi connectivity index (χ1v) is 8.08. The number of aromatic nitrogens is 1. The Bertz CT molecular complexity index is 787. The average Bonchev–Trinajstić information content (AvgIpc) is 2.61. The van der Waals surface area contributed by atoms with Gasteiger partial charge in [0.25, 0.3) is 0 Å². The predicted octanol–water partition coefficient (Wildman–Crippen LogP) is 3.10. The summed E-state index contributed by atoms with van der Waals surface area (Å²) in [6.45, 7) is 0.919. The fourth-order valence-electron chi connectivity index (χ4n) is 2.53. The number of nitrogens with one attached hydrogen (secondary N) is 1. The van der Waals surface area contributed by atoms with Crippen molar-refractivity contribution in [3.63, 3.8) is 0 Å². The van der Waals surface area contributed by atoms with Gasteiger partial charge in [-0.05, 0) is 35.9 Å². The molecule has 3 rings (SSSR count). The minimum Gasteiger partial charge on any atom is -0.320 e. The number of amides is 3. The van der Waals surface area contributed by atoms with Gasteiger partial charge in [0, 0.05) is 37.6 Å². The van der Waals surface area contributed by atoms with Crippen LogP contribution in [0.15, 0.2) is 42.7 Å². The van der Waals surface area contributed by atoms with Crippen LogP contribution in [0.25, 0.3) is 0 Å². The van der Waals surface area contributed by atoms with Crippen LogP contribution in [0.5, 0.6) is 0 Å². The smallest absolute Gasteiger partial charge is 0.320 e. The molecule has 0 radical (unpaired) electrons. The van der Waals surface area contributed by atoms with Crippen molar-refractivity contribution in [1.82, 2.24) is 14.8 Å². The minimum atomic E-state index is -0.549. The van der Waals surface area contributed by atoms with Gasteiger partial charge in [-0.3, -0.25) is 9.78 Å². The molecule has 2 aromatic rings. The van der Waals surface area contributed by atoms with Crippen molar-refractivity contribution in [3.05, 3.63) is 59.1 Å². The first kappa shape index (κ1) is 17.2.